The maximum Gasteiger partial charge on any atom is 0.211 e. The van der Waals surface area contributed by atoms with Crippen molar-refractivity contribution in [3.8, 4) is 11.4 Å². The van der Waals surface area contributed by atoms with Crippen molar-refractivity contribution in [2.75, 3.05) is 5.43 Å². The summed E-state index contributed by atoms with van der Waals surface area (Å²) in [6, 6.07) is 26.6. The molecule has 3 aromatic carbocycles. The van der Waals surface area contributed by atoms with Gasteiger partial charge in [-0.3, -0.25) is 4.79 Å². The summed E-state index contributed by atoms with van der Waals surface area (Å²) >= 11 is 7.46. The molecule has 0 radical (unpaired) electrons. The normalized spacial score (nSPS) is 17.8. The largest absolute Gasteiger partial charge is 0.313 e. The smallest absolute Gasteiger partial charge is 0.211 e. The summed E-state index contributed by atoms with van der Waals surface area (Å²) in [7, 11) is 0. The van der Waals surface area contributed by atoms with Gasteiger partial charge in [-0.2, -0.15) is 0 Å². The van der Waals surface area contributed by atoms with Crippen LogP contribution in [0.1, 0.15) is 22.0 Å². The predicted molar refractivity (Wildman–Crippen MR) is 119 cm³/mol. The first-order chi connectivity index (χ1) is 14.7. The van der Waals surface area contributed by atoms with Gasteiger partial charge < -0.3 is 5.43 Å². The molecule has 1 aliphatic rings. The van der Waals surface area contributed by atoms with Crippen LogP contribution in [0.4, 0.5) is 0 Å². The highest BCUT2D eigenvalue weighted by atomic mass is 35.5. The Kier molecular flexibility index (Phi) is 5.02. The number of hydrogen-bond acceptors (Lipinski definition) is 5. The Morgan fingerprint density at radius 3 is 2.27 bits per heavy atom. The summed E-state index contributed by atoms with van der Waals surface area (Å²) in [5, 5.41) is 9.65. The maximum absolute atomic E-state index is 13.4. The summed E-state index contributed by atoms with van der Waals surface area (Å²) in [6.45, 7) is 0. The number of aromatic nitrogens is 3. The molecule has 4 aromatic rings. The number of fused-ring (bicyclic) bond motifs is 1. The summed E-state index contributed by atoms with van der Waals surface area (Å²) < 4.78 is 1.86. The van der Waals surface area contributed by atoms with Crippen molar-refractivity contribution in [2.45, 2.75) is 16.4 Å². The van der Waals surface area contributed by atoms with Gasteiger partial charge in [-0.1, -0.05) is 84.0 Å². The van der Waals surface area contributed by atoms with Crippen LogP contribution in [0.3, 0.4) is 0 Å². The molecule has 0 saturated heterocycles. The fraction of sp³-hybridized carbons (Fsp3) is 0.0870. The fourth-order valence-corrected chi connectivity index (χ4v) is 4.80. The average molecular weight is 433 g/mol. The molecule has 1 aliphatic heterocycles. The molecule has 148 valence electrons. The lowest BCUT2D eigenvalue weighted by atomic mass is 9.97. The van der Waals surface area contributed by atoms with Crippen LogP contribution < -0.4 is 5.43 Å². The Morgan fingerprint density at radius 2 is 1.57 bits per heavy atom. The molecule has 2 atom stereocenters. The molecule has 0 bridgehead atoms. The van der Waals surface area contributed by atoms with Crippen LogP contribution in [0.15, 0.2) is 90.1 Å². The van der Waals surface area contributed by atoms with Gasteiger partial charge in [-0.25, -0.2) is 4.68 Å². The van der Waals surface area contributed by atoms with E-state index in [4.69, 9.17) is 11.6 Å². The lowest BCUT2D eigenvalue weighted by molar-refractivity contribution is 0.0980. The molecule has 1 aromatic heterocycles. The van der Waals surface area contributed by atoms with E-state index in [1.807, 2.05) is 89.6 Å². The number of halogens is 1. The Labute approximate surface area is 183 Å². The summed E-state index contributed by atoms with van der Waals surface area (Å²) in [5.74, 6) is 0.741. The van der Waals surface area contributed by atoms with E-state index in [-0.39, 0.29) is 17.1 Å². The van der Waals surface area contributed by atoms with Crippen molar-refractivity contribution in [1.29, 1.82) is 0 Å². The Hall–Kier alpha value is -3.09. The molecule has 0 spiro atoms. The topological polar surface area (TPSA) is 59.8 Å². The molecule has 5 nitrogen and oxygen atoms in total. The zero-order chi connectivity index (χ0) is 20.5. The lowest BCUT2D eigenvalue weighted by Gasteiger charge is -2.33. The Bertz CT molecular complexity index is 1180. The number of nitrogens with one attached hydrogen (secondary N) is 1. The first-order valence-corrected chi connectivity index (χ1v) is 10.8. The van der Waals surface area contributed by atoms with Crippen molar-refractivity contribution in [3.63, 3.8) is 0 Å². The average Bonchev–Trinajstić information content (AvgIpc) is 3.22. The molecular formula is C23H17ClN4OS. The van der Waals surface area contributed by atoms with Crippen LogP contribution in [0, 0.1) is 0 Å². The van der Waals surface area contributed by atoms with Crippen LogP contribution in [-0.4, -0.2) is 25.9 Å². The molecule has 30 heavy (non-hydrogen) atoms. The van der Waals surface area contributed by atoms with Crippen molar-refractivity contribution >= 4 is 29.1 Å². The summed E-state index contributed by atoms with van der Waals surface area (Å²) in [5.41, 5.74) is 6.10. The highest BCUT2D eigenvalue weighted by molar-refractivity contribution is 8.00. The van der Waals surface area contributed by atoms with E-state index in [1.54, 1.807) is 0 Å². The van der Waals surface area contributed by atoms with E-state index in [1.165, 1.54) is 11.8 Å². The predicted octanol–water partition coefficient (Wildman–Crippen LogP) is 5.24. The van der Waals surface area contributed by atoms with E-state index in [2.05, 4.69) is 15.6 Å². The summed E-state index contributed by atoms with van der Waals surface area (Å²) in [6.07, 6.45) is 0. The number of benzene rings is 3. The van der Waals surface area contributed by atoms with E-state index < -0.39 is 0 Å². The molecule has 0 aliphatic carbocycles. The number of nitrogens with zero attached hydrogens (tertiary/aromatic N) is 3. The second-order valence-electron chi connectivity index (χ2n) is 6.93. The van der Waals surface area contributed by atoms with Gasteiger partial charge in [-0.05, 0) is 29.8 Å². The number of thioether (sulfide) groups is 1. The quantitative estimate of drug-likeness (QED) is 0.447. The molecule has 1 N–H and O–H groups in total. The minimum atomic E-state index is -0.371. The van der Waals surface area contributed by atoms with E-state index in [0.29, 0.717) is 21.6 Å². The van der Waals surface area contributed by atoms with Crippen molar-refractivity contribution in [3.05, 3.63) is 101 Å². The first-order valence-electron chi connectivity index (χ1n) is 9.49. The SMILES string of the molecule is O=C(c1ccccc1)[C@@H]1Sc2nnc(-c3ccc(Cl)cc3)n2N[C@H]1c1ccccc1. The minimum Gasteiger partial charge on any atom is -0.313 e. The molecule has 0 saturated carbocycles. The third-order valence-corrected chi connectivity index (χ3v) is 6.48. The van der Waals surface area contributed by atoms with Crippen molar-refractivity contribution in [1.82, 2.24) is 14.9 Å². The second-order valence-corrected chi connectivity index (χ2v) is 8.48. The number of hydrogen-bond donors (Lipinski definition) is 1. The van der Waals surface area contributed by atoms with Gasteiger partial charge in [0.25, 0.3) is 0 Å². The fourth-order valence-electron chi connectivity index (χ4n) is 3.52. The molecule has 7 heteroatoms. The van der Waals surface area contributed by atoms with Crippen LogP contribution in [0.5, 0.6) is 0 Å². The molecule has 0 unspecified atom stereocenters. The first kappa shape index (κ1) is 18.9. The monoisotopic (exact) mass is 432 g/mol. The van der Waals surface area contributed by atoms with Crippen LogP contribution in [0.2, 0.25) is 5.02 Å². The highest BCUT2D eigenvalue weighted by Crippen LogP contribution is 2.40. The molecule has 5 rings (SSSR count). The number of ketones is 1. The van der Waals surface area contributed by atoms with Crippen molar-refractivity contribution < 1.29 is 4.79 Å². The third-order valence-electron chi connectivity index (χ3n) is 5.01. The zero-order valence-electron chi connectivity index (χ0n) is 15.8. The minimum absolute atomic E-state index is 0.0595. The molecule has 0 amide bonds. The van der Waals surface area contributed by atoms with Gasteiger partial charge in [0.2, 0.25) is 5.16 Å². The van der Waals surface area contributed by atoms with Gasteiger partial charge in [0, 0.05) is 16.1 Å². The zero-order valence-corrected chi connectivity index (χ0v) is 17.3. The maximum atomic E-state index is 13.4. The highest BCUT2D eigenvalue weighted by Gasteiger charge is 2.38. The number of Topliss-reactive ketones (excluding diaryl/α,β-unsaturated/α-hetero) is 1. The number of carbonyl (C=O) groups excluding carboxylic acids is 1. The van der Waals surface area contributed by atoms with E-state index >= 15 is 0 Å². The second kappa shape index (κ2) is 7.97. The molecule has 0 fully saturated rings. The lowest BCUT2D eigenvalue weighted by Crippen LogP contribution is -2.39. The molecular weight excluding hydrogens is 416 g/mol. The standard InChI is InChI=1S/C23H17ClN4OS/c24-18-13-11-17(12-14-18)22-25-26-23-28(22)27-19(15-7-3-1-4-8-15)21(30-23)20(29)16-9-5-2-6-10-16/h1-14,19,21,27H/t19-,21+/m0/s1. The Balaban J connectivity index is 1.57. The van der Waals surface area contributed by atoms with Gasteiger partial charge in [0.05, 0.1) is 6.04 Å². The van der Waals surface area contributed by atoms with Gasteiger partial charge in [0.15, 0.2) is 11.6 Å². The van der Waals surface area contributed by atoms with Gasteiger partial charge >= 0.3 is 0 Å². The van der Waals surface area contributed by atoms with E-state index in [0.717, 1.165) is 11.1 Å². The van der Waals surface area contributed by atoms with E-state index in [9.17, 15) is 4.79 Å². The van der Waals surface area contributed by atoms with Crippen LogP contribution in [0.25, 0.3) is 11.4 Å². The Morgan fingerprint density at radius 1 is 0.900 bits per heavy atom. The van der Waals surface area contributed by atoms with Crippen LogP contribution >= 0.6 is 23.4 Å². The number of rotatable bonds is 4. The molecule has 2 heterocycles. The number of carbonyl (C=O) groups is 1. The van der Waals surface area contributed by atoms with Gasteiger partial charge in [-0.15, -0.1) is 10.2 Å². The summed E-state index contributed by atoms with van der Waals surface area (Å²) in [4.78, 5) is 13.4. The third kappa shape index (κ3) is 3.49. The van der Waals surface area contributed by atoms with Crippen LogP contribution in [-0.2, 0) is 0 Å². The van der Waals surface area contributed by atoms with Gasteiger partial charge in [0.1, 0.15) is 5.25 Å². The van der Waals surface area contributed by atoms with Crippen molar-refractivity contribution in [2.24, 2.45) is 0 Å².